The first-order valence-electron chi connectivity index (χ1n) is 9.10. The van der Waals surface area contributed by atoms with Crippen LogP contribution in [0.4, 0.5) is 5.69 Å². The lowest BCUT2D eigenvalue weighted by molar-refractivity contribution is -0.119. The molecule has 152 valence electrons. The van der Waals surface area contributed by atoms with Crippen LogP contribution >= 0.6 is 0 Å². The molecule has 1 amide bonds. The van der Waals surface area contributed by atoms with Gasteiger partial charge in [0.1, 0.15) is 11.2 Å². The van der Waals surface area contributed by atoms with E-state index in [-0.39, 0.29) is 16.8 Å². The highest BCUT2D eigenvalue weighted by molar-refractivity contribution is 5.97. The number of benzene rings is 2. The quantitative estimate of drug-likeness (QED) is 0.510. The Morgan fingerprint density at radius 3 is 2.70 bits per heavy atom. The van der Waals surface area contributed by atoms with E-state index >= 15 is 0 Å². The number of aromatic nitrogens is 3. The van der Waals surface area contributed by atoms with E-state index in [2.05, 4.69) is 10.3 Å². The van der Waals surface area contributed by atoms with Crippen molar-refractivity contribution in [3.8, 4) is 5.69 Å². The lowest BCUT2D eigenvalue weighted by Gasteiger charge is -2.07. The minimum Gasteiger partial charge on any atom is -0.452 e. The third-order valence-electron chi connectivity index (χ3n) is 4.72. The van der Waals surface area contributed by atoms with Gasteiger partial charge in [0.2, 0.25) is 0 Å². The predicted octanol–water partition coefficient (Wildman–Crippen LogP) is 2.42. The summed E-state index contributed by atoms with van der Waals surface area (Å²) >= 11 is 0. The molecule has 2 heterocycles. The zero-order valence-electron chi connectivity index (χ0n) is 16.3. The summed E-state index contributed by atoms with van der Waals surface area (Å²) in [7, 11) is 1.72. The van der Waals surface area contributed by atoms with E-state index in [9.17, 15) is 14.4 Å². The summed E-state index contributed by atoms with van der Waals surface area (Å²) in [6, 6.07) is 13.7. The van der Waals surface area contributed by atoms with Gasteiger partial charge in [-0.1, -0.05) is 18.2 Å². The lowest BCUT2D eigenvalue weighted by Crippen LogP contribution is -2.25. The summed E-state index contributed by atoms with van der Waals surface area (Å²) in [6.45, 7) is 1.18. The Kier molecular flexibility index (Phi) is 4.93. The van der Waals surface area contributed by atoms with Gasteiger partial charge in [-0.05, 0) is 37.3 Å². The van der Waals surface area contributed by atoms with Crippen LogP contribution in [0, 0.1) is 6.92 Å². The molecule has 4 aromatic rings. The average molecular weight is 406 g/mol. The van der Waals surface area contributed by atoms with Crippen LogP contribution < -0.4 is 10.9 Å². The third-order valence-corrected chi connectivity index (χ3v) is 4.72. The standard InChI is InChI=1S/C21H18N4O5/c1-13-19(20(27)25(24(13)2)15-6-4-3-5-7-15)23-18(26)11-29-21(28)14-8-9-16-17(10-14)30-12-22-16/h3-10,12H,11H2,1-2H3,(H,23,26). The molecule has 0 aliphatic heterocycles. The molecule has 1 N–H and O–H groups in total. The highest BCUT2D eigenvalue weighted by Crippen LogP contribution is 2.16. The number of hydrogen-bond donors (Lipinski definition) is 1. The number of carbonyl (C=O) groups is 2. The first-order chi connectivity index (χ1) is 14.5. The van der Waals surface area contributed by atoms with Crippen molar-refractivity contribution in [3.63, 3.8) is 0 Å². The molecule has 9 nitrogen and oxygen atoms in total. The second-order valence-corrected chi connectivity index (χ2v) is 6.60. The van der Waals surface area contributed by atoms with Crippen LogP contribution in [0.5, 0.6) is 0 Å². The fourth-order valence-corrected chi connectivity index (χ4v) is 3.08. The summed E-state index contributed by atoms with van der Waals surface area (Å²) in [6.07, 6.45) is 1.28. The van der Waals surface area contributed by atoms with Crippen LogP contribution in [-0.2, 0) is 16.6 Å². The van der Waals surface area contributed by atoms with E-state index in [0.29, 0.717) is 22.5 Å². The Morgan fingerprint density at radius 2 is 1.93 bits per heavy atom. The summed E-state index contributed by atoms with van der Waals surface area (Å²) in [5.74, 6) is -1.30. The number of hydrogen-bond acceptors (Lipinski definition) is 6. The van der Waals surface area contributed by atoms with Gasteiger partial charge in [-0.2, -0.15) is 0 Å². The van der Waals surface area contributed by atoms with Gasteiger partial charge in [0.05, 0.1) is 16.9 Å². The van der Waals surface area contributed by atoms with Crippen molar-refractivity contribution < 1.29 is 18.7 Å². The number of oxazole rings is 1. The van der Waals surface area contributed by atoms with Crippen molar-refractivity contribution in [2.45, 2.75) is 6.92 Å². The van der Waals surface area contributed by atoms with Gasteiger partial charge in [0, 0.05) is 7.05 Å². The number of esters is 1. The molecule has 0 bridgehead atoms. The van der Waals surface area contributed by atoms with Gasteiger partial charge in [0.25, 0.3) is 11.5 Å². The molecule has 0 unspecified atom stereocenters. The molecule has 2 aromatic carbocycles. The first-order valence-corrected chi connectivity index (χ1v) is 9.10. The van der Waals surface area contributed by atoms with Gasteiger partial charge < -0.3 is 14.5 Å². The average Bonchev–Trinajstić information content (AvgIpc) is 3.31. The Bertz CT molecular complexity index is 1300. The smallest absolute Gasteiger partial charge is 0.338 e. The first kappa shape index (κ1) is 19.2. The van der Waals surface area contributed by atoms with Gasteiger partial charge >= 0.3 is 5.97 Å². The number of amides is 1. The summed E-state index contributed by atoms with van der Waals surface area (Å²) in [5, 5.41) is 2.54. The summed E-state index contributed by atoms with van der Waals surface area (Å²) < 4.78 is 13.3. The Hall–Kier alpha value is -4.14. The number of ether oxygens (including phenoxy) is 1. The Morgan fingerprint density at radius 1 is 1.17 bits per heavy atom. The number of nitrogens with one attached hydrogen (secondary N) is 1. The van der Waals surface area contributed by atoms with Crippen molar-refractivity contribution in [1.82, 2.24) is 14.3 Å². The zero-order valence-corrected chi connectivity index (χ0v) is 16.3. The fraction of sp³-hybridized carbons (Fsp3) is 0.143. The number of para-hydroxylation sites is 1. The van der Waals surface area contributed by atoms with E-state index < -0.39 is 18.5 Å². The highest BCUT2D eigenvalue weighted by Gasteiger charge is 2.19. The van der Waals surface area contributed by atoms with Crippen molar-refractivity contribution in [2.75, 3.05) is 11.9 Å². The summed E-state index contributed by atoms with van der Waals surface area (Å²) in [5.41, 5.74) is 2.27. The fourth-order valence-electron chi connectivity index (χ4n) is 3.08. The number of carbonyl (C=O) groups excluding carboxylic acids is 2. The molecule has 0 saturated carbocycles. The normalized spacial score (nSPS) is 10.9. The van der Waals surface area contributed by atoms with Gasteiger partial charge in [0.15, 0.2) is 18.6 Å². The van der Waals surface area contributed by atoms with E-state index in [1.807, 2.05) is 18.2 Å². The molecular weight excluding hydrogens is 388 g/mol. The Balaban J connectivity index is 1.46. The van der Waals surface area contributed by atoms with E-state index in [1.165, 1.54) is 23.2 Å². The number of nitrogens with zero attached hydrogens (tertiary/aromatic N) is 3. The highest BCUT2D eigenvalue weighted by atomic mass is 16.5. The maximum Gasteiger partial charge on any atom is 0.338 e. The van der Waals surface area contributed by atoms with Crippen molar-refractivity contribution in [2.24, 2.45) is 7.05 Å². The molecule has 0 atom stereocenters. The van der Waals surface area contributed by atoms with E-state index in [0.717, 1.165) is 0 Å². The Labute approximate surface area is 170 Å². The third kappa shape index (κ3) is 3.48. The van der Waals surface area contributed by atoms with Crippen LogP contribution in [0.3, 0.4) is 0 Å². The van der Waals surface area contributed by atoms with Crippen LogP contribution in [-0.4, -0.2) is 32.8 Å². The molecule has 0 saturated heterocycles. The second kappa shape index (κ2) is 7.70. The molecule has 0 spiro atoms. The maximum atomic E-state index is 12.8. The largest absolute Gasteiger partial charge is 0.452 e. The van der Waals surface area contributed by atoms with E-state index in [4.69, 9.17) is 9.15 Å². The molecule has 0 aliphatic rings. The molecule has 9 heteroatoms. The molecule has 2 aromatic heterocycles. The molecule has 0 radical (unpaired) electrons. The topological polar surface area (TPSA) is 108 Å². The van der Waals surface area contributed by atoms with Crippen molar-refractivity contribution >= 4 is 28.7 Å². The molecular formula is C21H18N4O5. The van der Waals surface area contributed by atoms with Crippen LogP contribution in [0.15, 0.2) is 64.1 Å². The van der Waals surface area contributed by atoms with Gasteiger partial charge in [-0.3, -0.25) is 14.3 Å². The van der Waals surface area contributed by atoms with Crippen molar-refractivity contribution in [1.29, 1.82) is 0 Å². The number of fused-ring (bicyclic) bond motifs is 1. The molecule has 0 fully saturated rings. The number of rotatable bonds is 5. The predicted molar refractivity (Wildman–Crippen MR) is 109 cm³/mol. The van der Waals surface area contributed by atoms with Gasteiger partial charge in [-0.15, -0.1) is 0 Å². The molecule has 4 rings (SSSR count). The van der Waals surface area contributed by atoms with Crippen LogP contribution in [0.25, 0.3) is 16.8 Å². The van der Waals surface area contributed by atoms with E-state index in [1.54, 1.807) is 36.9 Å². The molecule has 30 heavy (non-hydrogen) atoms. The lowest BCUT2D eigenvalue weighted by atomic mass is 10.2. The zero-order chi connectivity index (χ0) is 21.3. The monoisotopic (exact) mass is 406 g/mol. The molecule has 0 aliphatic carbocycles. The minimum atomic E-state index is -0.685. The SMILES string of the molecule is Cc1c(NC(=O)COC(=O)c2ccc3ncoc3c2)c(=O)n(-c2ccccc2)n1C. The van der Waals surface area contributed by atoms with Crippen molar-refractivity contribution in [3.05, 3.63) is 76.5 Å². The maximum absolute atomic E-state index is 12.8. The second-order valence-electron chi connectivity index (χ2n) is 6.60. The number of anilines is 1. The van der Waals surface area contributed by atoms with Crippen LogP contribution in [0.1, 0.15) is 16.1 Å². The van der Waals surface area contributed by atoms with Crippen LogP contribution in [0.2, 0.25) is 0 Å². The minimum absolute atomic E-state index is 0.130. The summed E-state index contributed by atoms with van der Waals surface area (Å²) in [4.78, 5) is 41.3. The van der Waals surface area contributed by atoms with Gasteiger partial charge in [-0.25, -0.2) is 14.5 Å².